The molecule has 1 amide bonds. The molecule has 1 aromatic carbocycles. The zero-order chi connectivity index (χ0) is 11.3. The van der Waals surface area contributed by atoms with E-state index in [2.05, 4.69) is 5.32 Å². The van der Waals surface area contributed by atoms with Gasteiger partial charge in [-0.1, -0.05) is 23.7 Å². The summed E-state index contributed by atoms with van der Waals surface area (Å²) in [5.41, 5.74) is 1.07. The quantitative estimate of drug-likeness (QED) is 0.791. The van der Waals surface area contributed by atoms with Crippen LogP contribution < -0.4 is 5.32 Å². The Kier molecular flexibility index (Phi) is 4.31. The lowest BCUT2D eigenvalue weighted by Crippen LogP contribution is -2.30. The fraction of sp³-hybridized carbons (Fsp3) is 0.273. The van der Waals surface area contributed by atoms with E-state index in [1.165, 1.54) is 6.92 Å². The second kappa shape index (κ2) is 5.51. The molecule has 3 nitrogen and oxygen atoms in total. The molecule has 0 aliphatic rings. The number of Topliss-reactive ketones (excluding diaryl/α,β-unsaturated/α-hetero) is 1. The monoisotopic (exact) mass is 225 g/mol. The number of amides is 1. The SMILES string of the molecule is CC(=O)C(=O)NCCc1ccc(Cl)cc1. The number of ketones is 1. The third kappa shape index (κ3) is 4.13. The van der Waals surface area contributed by atoms with Gasteiger partial charge in [-0.15, -0.1) is 0 Å². The van der Waals surface area contributed by atoms with Crippen molar-refractivity contribution in [3.05, 3.63) is 34.9 Å². The van der Waals surface area contributed by atoms with Crippen LogP contribution in [-0.2, 0) is 16.0 Å². The van der Waals surface area contributed by atoms with Gasteiger partial charge in [0.25, 0.3) is 5.91 Å². The van der Waals surface area contributed by atoms with Gasteiger partial charge in [-0.25, -0.2) is 0 Å². The lowest BCUT2D eigenvalue weighted by atomic mass is 10.1. The van der Waals surface area contributed by atoms with E-state index in [1.807, 2.05) is 12.1 Å². The van der Waals surface area contributed by atoms with Gasteiger partial charge in [0, 0.05) is 18.5 Å². The van der Waals surface area contributed by atoms with E-state index in [0.717, 1.165) is 5.56 Å². The van der Waals surface area contributed by atoms with E-state index in [4.69, 9.17) is 11.6 Å². The first-order valence-electron chi connectivity index (χ1n) is 4.63. The first kappa shape index (κ1) is 11.7. The molecule has 0 aliphatic heterocycles. The third-order valence-corrected chi connectivity index (χ3v) is 2.18. The van der Waals surface area contributed by atoms with E-state index in [9.17, 15) is 9.59 Å². The number of nitrogens with one attached hydrogen (secondary N) is 1. The summed E-state index contributed by atoms with van der Waals surface area (Å²) < 4.78 is 0. The van der Waals surface area contributed by atoms with Gasteiger partial charge in [-0.2, -0.15) is 0 Å². The van der Waals surface area contributed by atoms with Crippen LogP contribution in [0.1, 0.15) is 12.5 Å². The maximum absolute atomic E-state index is 10.9. The molecule has 4 heteroatoms. The second-order valence-electron chi connectivity index (χ2n) is 3.19. The molecule has 0 spiro atoms. The van der Waals surface area contributed by atoms with Crippen molar-refractivity contribution in [3.63, 3.8) is 0 Å². The number of carbonyl (C=O) groups excluding carboxylic acids is 2. The average Bonchev–Trinajstić information content (AvgIpc) is 2.20. The van der Waals surface area contributed by atoms with Crippen LogP contribution in [0.2, 0.25) is 5.02 Å². The van der Waals surface area contributed by atoms with Crippen molar-refractivity contribution in [1.29, 1.82) is 0 Å². The molecule has 0 saturated heterocycles. The summed E-state index contributed by atoms with van der Waals surface area (Å²) in [6.07, 6.45) is 0.691. The van der Waals surface area contributed by atoms with Gasteiger partial charge >= 0.3 is 0 Å². The Morgan fingerprint density at radius 3 is 2.40 bits per heavy atom. The smallest absolute Gasteiger partial charge is 0.287 e. The summed E-state index contributed by atoms with van der Waals surface area (Å²) in [6, 6.07) is 7.37. The molecule has 0 aromatic heterocycles. The number of benzene rings is 1. The zero-order valence-corrected chi connectivity index (χ0v) is 9.17. The summed E-state index contributed by atoms with van der Waals surface area (Å²) in [5, 5.41) is 3.21. The summed E-state index contributed by atoms with van der Waals surface area (Å²) in [5.74, 6) is -1.00. The van der Waals surface area contributed by atoms with Crippen LogP contribution in [0.4, 0.5) is 0 Å². The van der Waals surface area contributed by atoms with Gasteiger partial charge < -0.3 is 5.32 Å². The Morgan fingerprint density at radius 1 is 1.27 bits per heavy atom. The molecule has 15 heavy (non-hydrogen) atoms. The molecule has 0 unspecified atom stereocenters. The molecule has 0 atom stereocenters. The van der Waals surface area contributed by atoms with Gasteiger partial charge in [0.1, 0.15) is 0 Å². The Morgan fingerprint density at radius 2 is 1.87 bits per heavy atom. The van der Waals surface area contributed by atoms with Crippen LogP contribution >= 0.6 is 11.6 Å². The number of carbonyl (C=O) groups is 2. The molecule has 0 heterocycles. The summed E-state index contributed by atoms with van der Waals surface area (Å²) in [4.78, 5) is 21.5. The highest BCUT2D eigenvalue weighted by Crippen LogP contribution is 2.09. The van der Waals surface area contributed by atoms with Gasteiger partial charge in [0.2, 0.25) is 5.78 Å². The molecule has 1 N–H and O–H groups in total. The van der Waals surface area contributed by atoms with Crippen LogP contribution in [0.3, 0.4) is 0 Å². The van der Waals surface area contributed by atoms with Crippen LogP contribution in [0.15, 0.2) is 24.3 Å². The van der Waals surface area contributed by atoms with Gasteiger partial charge in [-0.3, -0.25) is 9.59 Å². The van der Waals surface area contributed by atoms with E-state index in [1.54, 1.807) is 12.1 Å². The lowest BCUT2D eigenvalue weighted by molar-refractivity contribution is -0.136. The minimum atomic E-state index is -0.538. The van der Waals surface area contributed by atoms with Gasteiger partial charge in [0.05, 0.1) is 0 Å². The molecule has 1 aromatic rings. The van der Waals surface area contributed by atoms with Crippen molar-refractivity contribution >= 4 is 23.3 Å². The fourth-order valence-electron chi connectivity index (χ4n) is 1.10. The standard InChI is InChI=1S/C11H12ClNO2/c1-8(14)11(15)13-7-6-9-2-4-10(12)5-3-9/h2-5H,6-7H2,1H3,(H,13,15). The highest BCUT2D eigenvalue weighted by molar-refractivity contribution is 6.35. The minimum Gasteiger partial charge on any atom is -0.349 e. The van der Waals surface area contributed by atoms with E-state index in [-0.39, 0.29) is 0 Å². The first-order valence-corrected chi connectivity index (χ1v) is 5.00. The maximum Gasteiger partial charge on any atom is 0.287 e. The second-order valence-corrected chi connectivity index (χ2v) is 3.62. The molecule has 0 saturated carbocycles. The number of hydrogen-bond acceptors (Lipinski definition) is 2. The predicted molar refractivity (Wildman–Crippen MR) is 58.8 cm³/mol. The fourth-order valence-corrected chi connectivity index (χ4v) is 1.22. The molecular weight excluding hydrogens is 214 g/mol. The van der Waals surface area contributed by atoms with Crippen molar-refractivity contribution in [2.24, 2.45) is 0 Å². The lowest BCUT2D eigenvalue weighted by Gasteiger charge is -2.02. The molecule has 0 bridgehead atoms. The molecule has 0 fully saturated rings. The Balaban J connectivity index is 2.35. The molecule has 80 valence electrons. The van der Waals surface area contributed by atoms with Crippen molar-refractivity contribution in [3.8, 4) is 0 Å². The number of halogens is 1. The van der Waals surface area contributed by atoms with Gasteiger partial charge in [-0.05, 0) is 24.1 Å². The summed E-state index contributed by atoms with van der Waals surface area (Å²) in [7, 11) is 0. The van der Waals surface area contributed by atoms with E-state index < -0.39 is 11.7 Å². The molecule has 0 radical (unpaired) electrons. The normalized spacial score (nSPS) is 9.73. The predicted octanol–water partition coefficient (Wildman–Crippen LogP) is 1.59. The molecular formula is C11H12ClNO2. The van der Waals surface area contributed by atoms with Crippen molar-refractivity contribution in [2.75, 3.05) is 6.54 Å². The number of rotatable bonds is 4. The highest BCUT2D eigenvalue weighted by Gasteiger charge is 2.05. The van der Waals surface area contributed by atoms with E-state index in [0.29, 0.717) is 18.0 Å². The summed E-state index contributed by atoms with van der Waals surface area (Å²) >= 11 is 5.72. The first-order chi connectivity index (χ1) is 7.09. The topological polar surface area (TPSA) is 46.2 Å². The zero-order valence-electron chi connectivity index (χ0n) is 8.42. The van der Waals surface area contributed by atoms with Crippen molar-refractivity contribution in [2.45, 2.75) is 13.3 Å². The average molecular weight is 226 g/mol. The van der Waals surface area contributed by atoms with Crippen molar-refractivity contribution in [1.82, 2.24) is 5.32 Å². The molecule has 0 aliphatic carbocycles. The van der Waals surface area contributed by atoms with Crippen LogP contribution in [-0.4, -0.2) is 18.2 Å². The Bertz CT molecular complexity index is 359. The number of hydrogen-bond donors (Lipinski definition) is 1. The van der Waals surface area contributed by atoms with E-state index >= 15 is 0 Å². The highest BCUT2D eigenvalue weighted by atomic mass is 35.5. The summed E-state index contributed by atoms with van der Waals surface area (Å²) in [6.45, 7) is 1.71. The largest absolute Gasteiger partial charge is 0.349 e. The van der Waals surface area contributed by atoms with Crippen molar-refractivity contribution < 1.29 is 9.59 Å². The Hall–Kier alpha value is -1.35. The molecule has 1 rings (SSSR count). The van der Waals surface area contributed by atoms with Crippen LogP contribution in [0.25, 0.3) is 0 Å². The maximum atomic E-state index is 10.9. The van der Waals surface area contributed by atoms with Crippen LogP contribution in [0, 0.1) is 0 Å². The Labute approximate surface area is 93.4 Å². The van der Waals surface area contributed by atoms with Gasteiger partial charge in [0.15, 0.2) is 0 Å². The minimum absolute atomic E-state index is 0.458. The van der Waals surface area contributed by atoms with Crippen LogP contribution in [0.5, 0.6) is 0 Å². The third-order valence-electron chi connectivity index (χ3n) is 1.93.